The van der Waals surface area contributed by atoms with E-state index in [1.807, 2.05) is 6.07 Å². The third-order valence-electron chi connectivity index (χ3n) is 5.57. The molecule has 0 atom stereocenters. The van der Waals surface area contributed by atoms with Gasteiger partial charge in [0.15, 0.2) is 0 Å². The number of nitrogens with zero attached hydrogens (tertiary/aromatic N) is 3. The molecule has 2 aliphatic rings. The van der Waals surface area contributed by atoms with E-state index in [1.165, 1.54) is 12.1 Å². The third-order valence-corrected chi connectivity index (χ3v) is 5.57. The summed E-state index contributed by atoms with van der Waals surface area (Å²) in [6.07, 6.45) is 4.68. The van der Waals surface area contributed by atoms with Crippen LogP contribution in [0.25, 0.3) is 11.3 Å². The van der Waals surface area contributed by atoms with E-state index in [0.717, 1.165) is 54.5 Å². The number of hydrogen-bond acceptors (Lipinski definition) is 4. The molecule has 1 N–H and O–H groups in total. The molecule has 1 fully saturated rings. The molecule has 0 amide bonds. The van der Waals surface area contributed by atoms with Crippen LogP contribution in [0.1, 0.15) is 41.4 Å². The van der Waals surface area contributed by atoms with E-state index in [0.29, 0.717) is 24.7 Å². The van der Waals surface area contributed by atoms with Crippen molar-refractivity contribution in [2.24, 2.45) is 0 Å². The lowest BCUT2D eigenvalue weighted by molar-refractivity contribution is 0.241. The van der Waals surface area contributed by atoms with E-state index in [-0.39, 0.29) is 11.1 Å². The monoisotopic (exact) mass is 394 g/mol. The van der Waals surface area contributed by atoms with Gasteiger partial charge in [-0.1, -0.05) is 6.07 Å². The fraction of sp³-hybridized carbons (Fsp3) is 0.318. The highest BCUT2D eigenvalue weighted by Crippen LogP contribution is 2.37. The van der Waals surface area contributed by atoms with Crippen molar-refractivity contribution in [1.82, 2.24) is 19.9 Å². The van der Waals surface area contributed by atoms with Gasteiger partial charge in [-0.3, -0.25) is 14.7 Å². The molecule has 0 bridgehead atoms. The molecule has 1 aliphatic heterocycles. The van der Waals surface area contributed by atoms with Gasteiger partial charge in [-0.05, 0) is 36.6 Å². The van der Waals surface area contributed by atoms with Crippen molar-refractivity contribution in [2.75, 3.05) is 6.54 Å². The number of halogens is 2. The quantitative estimate of drug-likeness (QED) is 0.735. The largest absolute Gasteiger partial charge is 0.310 e. The molecule has 0 saturated heterocycles. The van der Waals surface area contributed by atoms with Gasteiger partial charge in [-0.25, -0.2) is 13.8 Å². The molecule has 3 aromatic rings. The van der Waals surface area contributed by atoms with E-state index in [1.54, 1.807) is 12.3 Å². The average molecular weight is 394 g/mol. The van der Waals surface area contributed by atoms with Crippen molar-refractivity contribution >= 4 is 0 Å². The Hall–Kier alpha value is -2.93. The Kier molecular flexibility index (Phi) is 4.47. The van der Waals surface area contributed by atoms with Crippen LogP contribution in [0.3, 0.4) is 0 Å². The van der Waals surface area contributed by atoms with Gasteiger partial charge in [0.1, 0.15) is 17.5 Å². The SMILES string of the molecule is O=c1[nH]c(C2CC2)nc2c1CN(Cc1ccc(-c3ccc(F)cc3F)nc1)CC2. The Morgan fingerprint density at radius 1 is 1.17 bits per heavy atom. The zero-order valence-corrected chi connectivity index (χ0v) is 15.8. The minimum atomic E-state index is -0.629. The molecule has 3 heterocycles. The third kappa shape index (κ3) is 3.70. The van der Waals surface area contributed by atoms with Crippen molar-refractivity contribution in [3.05, 3.63) is 81.2 Å². The first-order valence-corrected chi connectivity index (χ1v) is 9.81. The van der Waals surface area contributed by atoms with Crippen molar-refractivity contribution < 1.29 is 8.78 Å². The molecule has 29 heavy (non-hydrogen) atoms. The second-order valence-corrected chi connectivity index (χ2v) is 7.79. The molecule has 5 rings (SSSR count). The van der Waals surface area contributed by atoms with E-state index >= 15 is 0 Å². The lowest BCUT2D eigenvalue weighted by Crippen LogP contribution is -2.35. The Morgan fingerprint density at radius 2 is 2.03 bits per heavy atom. The lowest BCUT2D eigenvalue weighted by Gasteiger charge is -2.27. The van der Waals surface area contributed by atoms with Crippen LogP contribution < -0.4 is 5.56 Å². The number of benzene rings is 1. The van der Waals surface area contributed by atoms with Gasteiger partial charge in [0.2, 0.25) is 0 Å². The summed E-state index contributed by atoms with van der Waals surface area (Å²) in [4.78, 5) is 26.6. The molecule has 0 spiro atoms. The number of aromatic nitrogens is 3. The zero-order chi connectivity index (χ0) is 20.0. The fourth-order valence-corrected chi connectivity index (χ4v) is 3.82. The van der Waals surface area contributed by atoms with Crippen LogP contribution in [0.15, 0.2) is 41.3 Å². The Balaban J connectivity index is 1.31. The topological polar surface area (TPSA) is 61.9 Å². The maximum absolute atomic E-state index is 13.9. The average Bonchev–Trinajstić information content (AvgIpc) is 3.55. The molecule has 0 unspecified atom stereocenters. The van der Waals surface area contributed by atoms with Crippen LogP contribution in [0.4, 0.5) is 8.78 Å². The van der Waals surface area contributed by atoms with E-state index in [4.69, 9.17) is 0 Å². The van der Waals surface area contributed by atoms with Gasteiger partial charge >= 0.3 is 0 Å². The summed E-state index contributed by atoms with van der Waals surface area (Å²) in [5, 5.41) is 0. The Labute approximate surface area is 166 Å². The maximum atomic E-state index is 13.9. The van der Waals surface area contributed by atoms with E-state index in [9.17, 15) is 13.6 Å². The van der Waals surface area contributed by atoms with Crippen LogP contribution in [0.5, 0.6) is 0 Å². The first-order chi connectivity index (χ1) is 14.1. The van der Waals surface area contributed by atoms with Crippen LogP contribution in [-0.2, 0) is 19.5 Å². The number of H-pyrrole nitrogens is 1. The summed E-state index contributed by atoms with van der Waals surface area (Å²) in [6, 6.07) is 7.10. The molecule has 7 heteroatoms. The number of aromatic amines is 1. The number of fused-ring (bicyclic) bond motifs is 1. The normalized spacial score (nSPS) is 16.6. The molecule has 2 aromatic heterocycles. The Bertz CT molecular complexity index is 1120. The maximum Gasteiger partial charge on any atom is 0.255 e. The van der Waals surface area contributed by atoms with Crippen molar-refractivity contribution in [3.8, 4) is 11.3 Å². The highest BCUT2D eigenvalue weighted by molar-refractivity contribution is 5.59. The molecule has 0 radical (unpaired) electrons. The smallest absolute Gasteiger partial charge is 0.255 e. The molecule has 1 aliphatic carbocycles. The number of nitrogens with one attached hydrogen (secondary N) is 1. The van der Waals surface area contributed by atoms with Gasteiger partial charge in [0, 0.05) is 49.8 Å². The van der Waals surface area contributed by atoms with Crippen molar-refractivity contribution in [1.29, 1.82) is 0 Å². The van der Waals surface area contributed by atoms with Crippen LogP contribution >= 0.6 is 0 Å². The van der Waals surface area contributed by atoms with Crippen LogP contribution in [0.2, 0.25) is 0 Å². The highest BCUT2D eigenvalue weighted by Gasteiger charge is 2.29. The van der Waals surface area contributed by atoms with Gasteiger partial charge in [0.05, 0.1) is 17.0 Å². The summed E-state index contributed by atoms with van der Waals surface area (Å²) >= 11 is 0. The number of pyridine rings is 1. The zero-order valence-electron chi connectivity index (χ0n) is 15.8. The summed E-state index contributed by atoms with van der Waals surface area (Å²) < 4.78 is 27.0. The highest BCUT2D eigenvalue weighted by atomic mass is 19.1. The van der Waals surface area contributed by atoms with Gasteiger partial charge in [-0.2, -0.15) is 0 Å². The second kappa shape index (κ2) is 7.15. The van der Waals surface area contributed by atoms with Gasteiger partial charge in [-0.15, -0.1) is 0 Å². The summed E-state index contributed by atoms with van der Waals surface area (Å²) in [7, 11) is 0. The molecule has 148 valence electrons. The van der Waals surface area contributed by atoms with Crippen LogP contribution in [0, 0.1) is 11.6 Å². The van der Waals surface area contributed by atoms with Crippen molar-refractivity contribution in [2.45, 2.75) is 38.3 Å². The minimum absolute atomic E-state index is 0.0261. The van der Waals surface area contributed by atoms with E-state index < -0.39 is 11.6 Å². The fourth-order valence-electron chi connectivity index (χ4n) is 3.82. The van der Waals surface area contributed by atoms with Crippen LogP contribution in [-0.4, -0.2) is 26.4 Å². The summed E-state index contributed by atoms with van der Waals surface area (Å²) in [5.74, 6) is 0.0359. The first kappa shape index (κ1) is 18.1. The summed E-state index contributed by atoms with van der Waals surface area (Å²) in [6.45, 7) is 2.02. The minimum Gasteiger partial charge on any atom is -0.310 e. The van der Waals surface area contributed by atoms with E-state index in [2.05, 4.69) is 19.9 Å². The predicted octanol–water partition coefficient (Wildman–Crippen LogP) is 3.55. The molecule has 1 aromatic carbocycles. The molecular formula is C22H20F2N4O. The van der Waals surface area contributed by atoms with Crippen molar-refractivity contribution in [3.63, 3.8) is 0 Å². The first-order valence-electron chi connectivity index (χ1n) is 9.81. The standard InChI is InChI=1S/C22H20F2N4O/c23-15-4-5-16(18(24)9-15)19-6-1-13(10-25-19)11-28-8-7-20-17(12-28)22(29)27-21(26-20)14-2-3-14/h1,4-6,9-10,14H,2-3,7-8,11-12H2,(H,26,27,29). The van der Waals surface area contributed by atoms with Gasteiger partial charge < -0.3 is 4.98 Å². The molecular weight excluding hydrogens is 374 g/mol. The lowest BCUT2D eigenvalue weighted by atomic mass is 10.1. The van der Waals surface area contributed by atoms with Gasteiger partial charge in [0.25, 0.3) is 5.56 Å². The predicted molar refractivity (Wildman–Crippen MR) is 104 cm³/mol. The summed E-state index contributed by atoms with van der Waals surface area (Å²) in [5.41, 5.74) is 3.35. The molecule has 5 nitrogen and oxygen atoms in total. The Morgan fingerprint density at radius 3 is 2.76 bits per heavy atom. The number of hydrogen-bond donors (Lipinski definition) is 1. The second-order valence-electron chi connectivity index (χ2n) is 7.79. The molecule has 1 saturated carbocycles. The number of rotatable bonds is 4.